The molecule has 1 aromatic heterocycles. The van der Waals surface area contributed by atoms with Gasteiger partial charge in [-0.3, -0.25) is 0 Å². The van der Waals surface area contributed by atoms with Crippen LogP contribution < -0.4 is 5.32 Å². The largest absolute Gasteiger partial charge is 0.467 e. The lowest BCUT2D eigenvalue weighted by Gasteiger charge is -2.15. The summed E-state index contributed by atoms with van der Waals surface area (Å²) in [6, 6.07) is 4.11. The minimum absolute atomic E-state index is 0.514. The zero-order chi connectivity index (χ0) is 9.97. The van der Waals surface area contributed by atoms with Gasteiger partial charge >= 0.3 is 0 Å². The normalized spacial score (nSPS) is 20.7. The highest BCUT2D eigenvalue weighted by Gasteiger charge is 2.27. The highest BCUT2D eigenvalue weighted by atomic mass is 16.4. The predicted octanol–water partition coefficient (Wildman–Crippen LogP) is 1.70. The van der Waals surface area contributed by atoms with Gasteiger partial charge in [-0.15, -0.1) is 0 Å². The lowest BCUT2D eigenvalue weighted by Crippen LogP contribution is -2.31. The van der Waals surface area contributed by atoms with Gasteiger partial charge in [-0.2, -0.15) is 0 Å². The Morgan fingerprint density at radius 2 is 2.43 bits per heavy atom. The molecule has 2 N–H and O–H groups in total. The molecule has 1 aliphatic carbocycles. The number of aliphatic hydroxyl groups excluding tert-OH is 1. The van der Waals surface area contributed by atoms with Crippen LogP contribution in [0.15, 0.2) is 22.8 Å². The third-order valence-corrected chi connectivity index (χ3v) is 2.83. The maximum Gasteiger partial charge on any atom is 0.133 e. The number of aliphatic hydroxyl groups is 1. The van der Waals surface area contributed by atoms with Crippen LogP contribution in [0.2, 0.25) is 0 Å². The Balaban J connectivity index is 1.74. The Bertz CT molecular complexity index is 267. The number of hydrogen-bond acceptors (Lipinski definition) is 3. The van der Waals surface area contributed by atoms with Gasteiger partial charge in [0.15, 0.2) is 0 Å². The van der Waals surface area contributed by atoms with Gasteiger partial charge in [0.05, 0.1) is 6.26 Å². The topological polar surface area (TPSA) is 45.4 Å². The van der Waals surface area contributed by atoms with Crippen molar-refractivity contribution >= 4 is 0 Å². The molecule has 78 valence electrons. The molecule has 1 saturated carbocycles. The summed E-state index contributed by atoms with van der Waals surface area (Å²) < 4.78 is 5.11. The molecule has 0 radical (unpaired) electrons. The molecule has 3 nitrogen and oxygen atoms in total. The van der Waals surface area contributed by atoms with Crippen molar-refractivity contribution in [3.05, 3.63) is 24.2 Å². The number of nitrogens with one attached hydrogen (secondary N) is 1. The molecule has 0 bridgehead atoms. The lowest BCUT2D eigenvalue weighted by molar-refractivity contribution is 0.143. The van der Waals surface area contributed by atoms with Crippen LogP contribution in [0.4, 0.5) is 0 Å². The van der Waals surface area contributed by atoms with Crippen LogP contribution in [0.3, 0.4) is 0 Å². The van der Waals surface area contributed by atoms with Crippen LogP contribution in [0.1, 0.15) is 31.6 Å². The molecule has 1 fully saturated rings. The van der Waals surface area contributed by atoms with E-state index in [1.165, 1.54) is 12.8 Å². The van der Waals surface area contributed by atoms with Crippen LogP contribution in [0, 0.1) is 5.92 Å². The first-order chi connectivity index (χ1) is 6.77. The fraction of sp³-hybridized carbons (Fsp3) is 0.636. The van der Waals surface area contributed by atoms with E-state index in [2.05, 4.69) is 12.2 Å². The van der Waals surface area contributed by atoms with Crippen LogP contribution in [0.5, 0.6) is 0 Å². The first-order valence-corrected chi connectivity index (χ1v) is 5.22. The molecule has 3 heteroatoms. The molecule has 0 aromatic carbocycles. The van der Waals surface area contributed by atoms with E-state index >= 15 is 0 Å². The van der Waals surface area contributed by atoms with Gasteiger partial charge < -0.3 is 14.8 Å². The summed E-state index contributed by atoms with van der Waals surface area (Å²) in [5.74, 6) is 1.46. The fourth-order valence-electron chi connectivity index (χ4n) is 1.64. The van der Waals surface area contributed by atoms with Crippen molar-refractivity contribution < 1.29 is 9.52 Å². The second-order valence-electron chi connectivity index (χ2n) is 4.07. The van der Waals surface area contributed by atoms with Crippen molar-refractivity contribution in [2.24, 2.45) is 5.92 Å². The van der Waals surface area contributed by atoms with E-state index in [1.807, 2.05) is 0 Å². The van der Waals surface area contributed by atoms with E-state index in [0.29, 0.717) is 18.3 Å². The third kappa shape index (κ3) is 2.36. The molecule has 14 heavy (non-hydrogen) atoms. The molecule has 2 rings (SSSR count). The zero-order valence-corrected chi connectivity index (χ0v) is 8.44. The molecule has 0 amide bonds. The molecule has 0 spiro atoms. The van der Waals surface area contributed by atoms with Crippen molar-refractivity contribution in [3.63, 3.8) is 0 Å². The average Bonchev–Trinajstić information content (AvgIpc) is 2.90. The first-order valence-electron chi connectivity index (χ1n) is 5.22. The number of rotatable bonds is 5. The number of furan rings is 1. The molecule has 1 aromatic rings. The molecule has 1 heterocycles. The number of hydrogen-bond donors (Lipinski definition) is 2. The van der Waals surface area contributed by atoms with Crippen LogP contribution in [0.25, 0.3) is 0 Å². The Hall–Kier alpha value is -0.800. The van der Waals surface area contributed by atoms with Crippen LogP contribution >= 0.6 is 0 Å². The van der Waals surface area contributed by atoms with E-state index in [4.69, 9.17) is 4.42 Å². The van der Waals surface area contributed by atoms with Crippen LogP contribution in [-0.4, -0.2) is 17.7 Å². The van der Waals surface area contributed by atoms with Crippen molar-refractivity contribution in [3.8, 4) is 0 Å². The Kier molecular flexibility index (Phi) is 2.89. The average molecular weight is 195 g/mol. The maximum atomic E-state index is 9.70. The highest BCUT2D eigenvalue weighted by Crippen LogP contribution is 2.32. The molecular weight excluding hydrogens is 178 g/mol. The second-order valence-corrected chi connectivity index (χ2v) is 4.07. The lowest BCUT2D eigenvalue weighted by atomic mass is 10.2. The van der Waals surface area contributed by atoms with Crippen molar-refractivity contribution in [2.75, 3.05) is 6.54 Å². The van der Waals surface area contributed by atoms with Gasteiger partial charge in [-0.05, 0) is 37.8 Å². The Labute approximate surface area is 84.1 Å². The van der Waals surface area contributed by atoms with E-state index in [9.17, 15) is 5.11 Å². The quantitative estimate of drug-likeness (QED) is 0.751. The van der Waals surface area contributed by atoms with Crippen molar-refractivity contribution in [1.82, 2.24) is 5.32 Å². The Morgan fingerprint density at radius 3 is 3.00 bits per heavy atom. The van der Waals surface area contributed by atoms with E-state index in [0.717, 1.165) is 5.92 Å². The van der Waals surface area contributed by atoms with Crippen LogP contribution in [-0.2, 0) is 0 Å². The molecule has 2 unspecified atom stereocenters. The maximum absolute atomic E-state index is 9.70. The van der Waals surface area contributed by atoms with Crippen molar-refractivity contribution in [1.29, 1.82) is 0 Å². The molecule has 1 aliphatic rings. The van der Waals surface area contributed by atoms with E-state index in [-0.39, 0.29) is 0 Å². The predicted molar refractivity (Wildman–Crippen MR) is 53.9 cm³/mol. The molecular formula is C11H17NO2. The smallest absolute Gasteiger partial charge is 0.133 e. The SMILES string of the molecule is CC(NCC(O)c1ccco1)C1CC1. The summed E-state index contributed by atoms with van der Waals surface area (Å²) in [4.78, 5) is 0. The molecule has 2 atom stereocenters. The minimum atomic E-state index is -0.522. The minimum Gasteiger partial charge on any atom is -0.467 e. The van der Waals surface area contributed by atoms with Gasteiger partial charge in [-0.25, -0.2) is 0 Å². The molecule has 0 aliphatic heterocycles. The summed E-state index contributed by atoms with van der Waals surface area (Å²) >= 11 is 0. The highest BCUT2D eigenvalue weighted by molar-refractivity contribution is 5.02. The third-order valence-electron chi connectivity index (χ3n) is 2.83. The summed E-state index contributed by atoms with van der Waals surface area (Å²) in [5, 5.41) is 13.0. The van der Waals surface area contributed by atoms with E-state index < -0.39 is 6.10 Å². The summed E-state index contributed by atoms with van der Waals surface area (Å²) in [6.07, 6.45) is 3.71. The van der Waals surface area contributed by atoms with Crippen molar-refractivity contribution in [2.45, 2.75) is 31.9 Å². The summed E-state index contributed by atoms with van der Waals surface area (Å²) in [6.45, 7) is 2.75. The standard InChI is InChI=1S/C11H17NO2/c1-8(9-4-5-9)12-7-10(13)11-3-2-6-14-11/h2-3,6,8-10,12-13H,4-5,7H2,1H3. The van der Waals surface area contributed by atoms with Gasteiger partial charge in [0.2, 0.25) is 0 Å². The van der Waals surface area contributed by atoms with Gasteiger partial charge in [0, 0.05) is 12.6 Å². The monoisotopic (exact) mass is 195 g/mol. The summed E-state index contributed by atoms with van der Waals surface area (Å²) in [7, 11) is 0. The Morgan fingerprint density at radius 1 is 1.64 bits per heavy atom. The second kappa shape index (κ2) is 4.15. The van der Waals surface area contributed by atoms with Gasteiger partial charge in [0.25, 0.3) is 0 Å². The zero-order valence-electron chi connectivity index (χ0n) is 8.44. The first kappa shape index (κ1) is 9.74. The summed E-state index contributed by atoms with van der Waals surface area (Å²) in [5.41, 5.74) is 0. The van der Waals surface area contributed by atoms with Gasteiger partial charge in [-0.1, -0.05) is 0 Å². The van der Waals surface area contributed by atoms with Gasteiger partial charge in [0.1, 0.15) is 11.9 Å². The fourth-order valence-corrected chi connectivity index (χ4v) is 1.64. The molecule has 0 saturated heterocycles. The van der Waals surface area contributed by atoms with E-state index in [1.54, 1.807) is 18.4 Å².